The number of carbonyl (C=O) groups is 1. The van der Waals surface area contributed by atoms with E-state index >= 15 is 0 Å². The molecule has 0 bridgehead atoms. The van der Waals surface area contributed by atoms with Crippen molar-refractivity contribution in [3.05, 3.63) is 108 Å². The molecule has 3 rings (SSSR count). The predicted octanol–water partition coefficient (Wildman–Crippen LogP) is 2.77. The largest absolute Gasteiger partial charge is 0.394 e. The molecule has 0 aromatic heterocycles. The molecule has 1 amide bonds. The van der Waals surface area contributed by atoms with Crippen LogP contribution in [0.25, 0.3) is 0 Å². The van der Waals surface area contributed by atoms with Crippen molar-refractivity contribution >= 4 is 5.91 Å². The molecule has 4 nitrogen and oxygen atoms in total. The Bertz CT molecular complexity index is 796. The van der Waals surface area contributed by atoms with Crippen LogP contribution < -0.4 is 5.32 Å². The molecule has 0 aliphatic heterocycles. The van der Waals surface area contributed by atoms with Crippen LogP contribution in [0, 0.1) is 0 Å². The molecule has 1 atom stereocenters. The molecule has 26 heavy (non-hydrogen) atoms. The second kappa shape index (κ2) is 7.95. The Labute approximate surface area is 152 Å². The van der Waals surface area contributed by atoms with E-state index < -0.39 is 17.6 Å². The first kappa shape index (κ1) is 17.9. The van der Waals surface area contributed by atoms with Gasteiger partial charge in [0.15, 0.2) is 5.60 Å². The third-order valence-electron chi connectivity index (χ3n) is 4.40. The Morgan fingerprint density at radius 3 is 1.65 bits per heavy atom. The van der Waals surface area contributed by atoms with E-state index in [4.69, 9.17) is 0 Å². The van der Waals surface area contributed by atoms with E-state index in [1.165, 1.54) is 0 Å². The van der Waals surface area contributed by atoms with E-state index in [0.717, 1.165) is 5.56 Å². The SMILES string of the molecule is O=C(N[C@H](CO)c1ccccc1)C(O)(c1ccccc1)c1ccccc1. The van der Waals surface area contributed by atoms with Crippen molar-refractivity contribution in [3.63, 3.8) is 0 Å². The summed E-state index contributed by atoms with van der Waals surface area (Å²) in [4.78, 5) is 13.1. The van der Waals surface area contributed by atoms with Gasteiger partial charge in [0.25, 0.3) is 5.91 Å². The number of hydrogen-bond donors (Lipinski definition) is 3. The second-order valence-electron chi connectivity index (χ2n) is 6.06. The number of carbonyl (C=O) groups excluding carboxylic acids is 1. The molecule has 3 aromatic rings. The first-order valence-corrected chi connectivity index (χ1v) is 8.46. The van der Waals surface area contributed by atoms with Crippen LogP contribution in [0.4, 0.5) is 0 Å². The second-order valence-corrected chi connectivity index (χ2v) is 6.06. The topological polar surface area (TPSA) is 69.6 Å². The number of nitrogens with one attached hydrogen (secondary N) is 1. The standard InChI is InChI=1S/C22H21NO3/c24-16-20(17-10-4-1-5-11-17)23-21(25)22(26,18-12-6-2-7-13-18)19-14-8-3-9-15-19/h1-15,20,24,26H,16H2,(H,23,25)/t20-/m1/s1. The Morgan fingerprint density at radius 2 is 1.23 bits per heavy atom. The molecule has 0 radical (unpaired) electrons. The molecule has 3 N–H and O–H groups in total. The van der Waals surface area contributed by atoms with E-state index in [1.54, 1.807) is 48.5 Å². The molecular weight excluding hydrogens is 326 g/mol. The molecule has 0 saturated carbocycles. The van der Waals surface area contributed by atoms with E-state index in [0.29, 0.717) is 11.1 Å². The van der Waals surface area contributed by atoms with Gasteiger partial charge in [0.05, 0.1) is 12.6 Å². The fourth-order valence-electron chi connectivity index (χ4n) is 2.97. The lowest BCUT2D eigenvalue weighted by Gasteiger charge is -2.30. The molecule has 132 valence electrons. The van der Waals surface area contributed by atoms with Gasteiger partial charge in [-0.3, -0.25) is 4.79 Å². The average Bonchev–Trinajstić information content (AvgIpc) is 2.73. The minimum absolute atomic E-state index is 0.268. The van der Waals surface area contributed by atoms with Crippen molar-refractivity contribution in [2.75, 3.05) is 6.61 Å². The summed E-state index contributed by atoms with van der Waals surface area (Å²) in [5.41, 5.74) is -0.154. The molecular formula is C22H21NO3. The highest BCUT2D eigenvalue weighted by Crippen LogP contribution is 2.30. The fourth-order valence-corrected chi connectivity index (χ4v) is 2.97. The first-order chi connectivity index (χ1) is 12.7. The zero-order valence-corrected chi connectivity index (χ0v) is 14.2. The van der Waals surface area contributed by atoms with Gasteiger partial charge >= 0.3 is 0 Å². The lowest BCUT2D eigenvalue weighted by molar-refractivity contribution is -0.137. The van der Waals surface area contributed by atoms with Gasteiger partial charge in [-0.25, -0.2) is 0 Å². The van der Waals surface area contributed by atoms with Crippen molar-refractivity contribution in [1.29, 1.82) is 0 Å². The molecule has 0 fully saturated rings. The minimum Gasteiger partial charge on any atom is -0.394 e. The maximum absolute atomic E-state index is 13.1. The Balaban J connectivity index is 1.98. The van der Waals surface area contributed by atoms with Gasteiger partial charge in [-0.1, -0.05) is 91.0 Å². The molecule has 0 spiro atoms. The van der Waals surface area contributed by atoms with Crippen molar-refractivity contribution in [1.82, 2.24) is 5.32 Å². The number of rotatable bonds is 6. The number of aliphatic hydroxyl groups excluding tert-OH is 1. The molecule has 3 aromatic carbocycles. The van der Waals surface area contributed by atoms with Crippen LogP contribution in [0.5, 0.6) is 0 Å². The van der Waals surface area contributed by atoms with Crippen molar-refractivity contribution in [2.24, 2.45) is 0 Å². The summed E-state index contributed by atoms with van der Waals surface area (Å²) < 4.78 is 0. The maximum atomic E-state index is 13.1. The molecule has 0 unspecified atom stereocenters. The summed E-state index contributed by atoms with van der Waals surface area (Å²) >= 11 is 0. The third-order valence-corrected chi connectivity index (χ3v) is 4.40. The highest BCUT2D eigenvalue weighted by molar-refractivity contribution is 5.90. The van der Waals surface area contributed by atoms with Gasteiger partial charge < -0.3 is 15.5 Å². The van der Waals surface area contributed by atoms with Crippen molar-refractivity contribution in [3.8, 4) is 0 Å². The van der Waals surface area contributed by atoms with Gasteiger partial charge in [-0.2, -0.15) is 0 Å². The zero-order valence-electron chi connectivity index (χ0n) is 14.2. The first-order valence-electron chi connectivity index (χ1n) is 8.46. The monoisotopic (exact) mass is 347 g/mol. The number of hydrogen-bond acceptors (Lipinski definition) is 3. The summed E-state index contributed by atoms with van der Waals surface area (Å²) in [6.45, 7) is -0.268. The molecule has 0 aliphatic carbocycles. The number of amides is 1. The molecule has 0 aliphatic rings. The average molecular weight is 347 g/mol. The molecule has 0 heterocycles. The highest BCUT2D eigenvalue weighted by atomic mass is 16.3. The van der Waals surface area contributed by atoms with Crippen LogP contribution in [0.15, 0.2) is 91.0 Å². The van der Waals surface area contributed by atoms with Gasteiger partial charge in [0.2, 0.25) is 0 Å². The summed E-state index contributed by atoms with van der Waals surface area (Å²) in [6, 6.07) is 26.2. The summed E-state index contributed by atoms with van der Waals surface area (Å²) in [7, 11) is 0. The summed E-state index contributed by atoms with van der Waals surface area (Å²) in [5.74, 6) is -0.585. The number of aliphatic hydroxyl groups is 2. The van der Waals surface area contributed by atoms with Crippen molar-refractivity contribution < 1.29 is 15.0 Å². The van der Waals surface area contributed by atoms with Gasteiger partial charge in [0, 0.05) is 0 Å². The minimum atomic E-state index is -1.86. The van der Waals surface area contributed by atoms with Crippen LogP contribution in [-0.4, -0.2) is 22.7 Å². The Kier molecular flexibility index (Phi) is 5.46. The summed E-state index contributed by atoms with van der Waals surface area (Å²) in [5, 5.41) is 23.9. The van der Waals surface area contributed by atoms with Crippen LogP contribution >= 0.6 is 0 Å². The van der Waals surface area contributed by atoms with Gasteiger partial charge in [-0.15, -0.1) is 0 Å². The lowest BCUT2D eigenvalue weighted by atomic mass is 9.85. The van der Waals surface area contributed by atoms with Crippen LogP contribution in [0.2, 0.25) is 0 Å². The Hall–Kier alpha value is -2.95. The maximum Gasteiger partial charge on any atom is 0.261 e. The van der Waals surface area contributed by atoms with Gasteiger partial charge in [-0.05, 0) is 16.7 Å². The van der Waals surface area contributed by atoms with E-state index in [9.17, 15) is 15.0 Å². The smallest absolute Gasteiger partial charge is 0.261 e. The highest BCUT2D eigenvalue weighted by Gasteiger charge is 2.40. The Morgan fingerprint density at radius 1 is 0.808 bits per heavy atom. The predicted molar refractivity (Wildman–Crippen MR) is 100 cm³/mol. The number of benzene rings is 3. The quantitative estimate of drug-likeness (QED) is 0.642. The zero-order chi connectivity index (χ0) is 18.4. The van der Waals surface area contributed by atoms with Gasteiger partial charge in [0.1, 0.15) is 0 Å². The fraction of sp³-hybridized carbons (Fsp3) is 0.136. The molecule has 4 heteroatoms. The van der Waals surface area contributed by atoms with Crippen LogP contribution in [-0.2, 0) is 10.4 Å². The third kappa shape index (κ3) is 3.52. The lowest BCUT2D eigenvalue weighted by Crippen LogP contribution is -2.47. The molecule has 0 saturated heterocycles. The van der Waals surface area contributed by atoms with Crippen LogP contribution in [0.1, 0.15) is 22.7 Å². The van der Waals surface area contributed by atoms with Crippen molar-refractivity contribution in [2.45, 2.75) is 11.6 Å². The van der Waals surface area contributed by atoms with Crippen LogP contribution in [0.3, 0.4) is 0 Å². The van der Waals surface area contributed by atoms with E-state index in [-0.39, 0.29) is 6.61 Å². The van der Waals surface area contributed by atoms with E-state index in [2.05, 4.69) is 5.32 Å². The normalized spacial score (nSPS) is 12.4. The summed E-state index contributed by atoms with van der Waals surface area (Å²) in [6.07, 6.45) is 0. The van der Waals surface area contributed by atoms with E-state index in [1.807, 2.05) is 42.5 Å².